The summed E-state index contributed by atoms with van der Waals surface area (Å²) in [6.07, 6.45) is 2.36. The van der Waals surface area contributed by atoms with Crippen molar-refractivity contribution in [2.24, 2.45) is 0 Å². The molecule has 0 bridgehead atoms. The first kappa shape index (κ1) is 17.2. The second-order valence-electron chi connectivity index (χ2n) is 6.75. The molecular formula is C19H20FN3O2S. The maximum absolute atomic E-state index is 13.1. The van der Waals surface area contributed by atoms with Gasteiger partial charge in [0.15, 0.2) is 4.96 Å². The second-order valence-corrected chi connectivity index (χ2v) is 7.58. The summed E-state index contributed by atoms with van der Waals surface area (Å²) < 4.78 is 20.8. The molecule has 0 N–H and O–H groups in total. The summed E-state index contributed by atoms with van der Waals surface area (Å²) in [5.74, 6) is -0.168. The molecule has 1 amide bonds. The fraction of sp³-hybridized carbons (Fsp3) is 0.368. The van der Waals surface area contributed by atoms with Crippen molar-refractivity contribution < 1.29 is 13.9 Å². The Balaban J connectivity index is 1.55. The summed E-state index contributed by atoms with van der Waals surface area (Å²) in [6, 6.07) is 6.27. The molecule has 1 aromatic carbocycles. The van der Waals surface area contributed by atoms with Crippen LogP contribution in [0.15, 0.2) is 35.8 Å². The summed E-state index contributed by atoms with van der Waals surface area (Å²) in [4.78, 5) is 20.0. The number of carbonyl (C=O) groups excluding carboxylic acids is 1. The zero-order chi connectivity index (χ0) is 18.3. The van der Waals surface area contributed by atoms with Crippen LogP contribution in [0.1, 0.15) is 19.5 Å². The van der Waals surface area contributed by atoms with E-state index in [0.29, 0.717) is 19.5 Å². The van der Waals surface area contributed by atoms with E-state index < -0.39 is 0 Å². The predicted octanol–water partition coefficient (Wildman–Crippen LogP) is 3.38. The van der Waals surface area contributed by atoms with E-state index in [4.69, 9.17) is 4.74 Å². The maximum atomic E-state index is 13.1. The van der Waals surface area contributed by atoms with Gasteiger partial charge < -0.3 is 9.64 Å². The Morgan fingerprint density at radius 1 is 1.27 bits per heavy atom. The number of aromatic nitrogens is 2. The lowest BCUT2D eigenvalue weighted by atomic mass is 10.2. The number of halogens is 1. The van der Waals surface area contributed by atoms with Crippen LogP contribution in [-0.2, 0) is 16.0 Å². The number of nitrogens with zero attached hydrogens (tertiary/aromatic N) is 3. The molecule has 136 valence electrons. The van der Waals surface area contributed by atoms with E-state index in [-0.39, 0.29) is 23.9 Å². The summed E-state index contributed by atoms with van der Waals surface area (Å²) in [6.45, 7) is 5.23. The number of ether oxygens (including phenoxy) is 1. The van der Waals surface area contributed by atoms with Gasteiger partial charge in [-0.25, -0.2) is 9.37 Å². The van der Waals surface area contributed by atoms with Crippen LogP contribution in [0.2, 0.25) is 0 Å². The first-order chi connectivity index (χ1) is 12.5. The molecule has 0 radical (unpaired) electrons. The fourth-order valence-corrected chi connectivity index (χ4v) is 4.24. The van der Waals surface area contributed by atoms with E-state index in [1.807, 2.05) is 34.7 Å². The van der Waals surface area contributed by atoms with E-state index in [2.05, 4.69) is 4.98 Å². The van der Waals surface area contributed by atoms with Gasteiger partial charge in [0.2, 0.25) is 5.91 Å². The molecule has 5 nitrogen and oxygen atoms in total. The lowest BCUT2D eigenvalue weighted by molar-refractivity contribution is -0.142. The number of hydrogen-bond donors (Lipinski definition) is 0. The molecule has 2 unspecified atom stereocenters. The molecule has 0 aliphatic carbocycles. The van der Waals surface area contributed by atoms with Crippen molar-refractivity contribution in [2.45, 2.75) is 32.5 Å². The van der Waals surface area contributed by atoms with Crippen molar-refractivity contribution in [1.82, 2.24) is 14.3 Å². The van der Waals surface area contributed by atoms with E-state index >= 15 is 0 Å². The summed E-state index contributed by atoms with van der Waals surface area (Å²) >= 11 is 1.50. The molecule has 26 heavy (non-hydrogen) atoms. The number of amides is 1. The molecular weight excluding hydrogens is 353 g/mol. The summed E-state index contributed by atoms with van der Waals surface area (Å²) in [5, 5.41) is 1.97. The van der Waals surface area contributed by atoms with Gasteiger partial charge >= 0.3 is 0 Å². The molecule has 1 fully saturated rings. The van der Waals surface area contributed by atoms with Crippen molar-refractivity contribution in [2.75, 3.05) is 13.1 Å². The molecule has 1 saturated heterocycles. The number of rotatable bonds is 3. The van der Waals surface area contributed by atoms with Crippen molar-refractivity contribution in [1.29, 1.82) is 0 Å². The SMILES string of the molecule is CC1CN(C(=O)Cc2csc3nc(-c4ccc(F)cc4)cn23)CC(C)O1. The normalized spacial score (nSPS) is 20.7. The van der Waals surface area contributed by atoms with Gasteiger partial charge in [0.05, 0.1) is 24.3 Å². The Kier molecular flexibility index (Phi) is 4.50. The fourth-order valence-electron chi connectivity index (χ4n) is 3.36. The standard InChI is InChI=1S/C19H20FN3O2S/c1-12-8-22(9-13(2)25-12)18(24)7-16-11-26-19-21-17(10-23(16)19)14-3-5-15(20)6-4-14/h3-6,10-13H,7-9H2,1-2H3. The van der Waals surface area contributed by atoms with Crippen LogP contribution in [0, 0.1) is 5.82 Å². The zero-order valence-corrected chi connectivity index (χ0v) is 15.5. The number of fused-ring (bicyclic) bond motifs is 1. The molecule has 0 saturated carbocycles. The second kappa shape index (κ2) is 6.81. The van der Waals surface area contributed by atoms with Crippen LogP contribution in [0.5, 0.6) is 0 Å². The van der Waals surface area contributed by atoms with Gasteiger partial charge in [-0.2, -0.15) is 0 Å². The largest absolute Gasteiger partial charge is 0.372 e. The molecule has 0 spiro atoms. The van der Waals surface area contributed by atoms with Crippen molar-refractivity contribution in [3.63, 3.8) is 0 Å². The minimum Gasteiger partial charge on any atom is -0.372 e. The molecule has 2 aromatic heterocycles. The van der Waals surface area contributed by atoms with Crippen molar-refractivity contribution >= 4 is 22.2 Å². The monoisotopic (exact) mass is 373 g/mol. The van der Waals surface area contributed by atoms with Gasteiger partial charge in [-0.1, -0.05) is 0 Å². The van der Waals surface area contributed by atoms with E-state index in [9.17, 15) is 9.18 Å². The smallest absolute Gasteiger partial charge is 0.228 e. The molecule has 7 heteroatoms. The number of morpholine rings is 1. The highest BCUT2D eigenvalue weighted by molar-refractivity contribution is 7.15. The topological polar surface area (TPSA) is 46.8 Å². The number of imidazole rings is 1. The van der Waals surface area contributed by atoms with Gasteiger partial charge in [-0.05, 0) is 38.1 Å². The highest BCUT2D eigenvalue weighted by Crippen LogP contribution is 2.24. The highest BCUT2D eigenvalue weighted by Gasteiger charge is 2.26. The molecule has 3 aromatic rings. The number of benzene rings is 1. The van der Waals surface area contributed by atoms with Crippen LogP contribution >= 0.6 is 11.3 Å². The first-order valence-corrected chi connectivity index (χ1v) is 9.52. The number of hydrogen-bond acceptors (Lipinski definition) is 4. The average molecular weight is 373 g/mol. The van der Waals surface area contributed by atoms with Gasteiger partial charge in [0, 0.05) is 35.9 Å². The lowest BCUT2D eigenvalue weighted by Gasteiger charge is -2.35. The third-order valence-electron chi connectivity index (χ3n) is 4.53. The Hall–Kier alpha value is -2.25. The van der Waals surface area contributed by atoms with Crippen LogP contribution < -0.4 is 0 Å². The molecule has 1 aliphatic rings. The summed E-state index contributed by atoms with van der Waals surface area (Å²) in [5.41, 5.74) is 2.55. The minimum atomic E-state index is -0.268. The van der Waals surface area contributed by atoms with Crippen molar-refractivity contribution in [3.8, 4) is 11.3 Å². The zero-order valence-electron chi connectivity index (χ0n) is 14.7. The van der Waals surface area contributed by atoms with Crippen LogP contribution in [0.4, 0.5) is 4.39 Å². The van der Waals surface area contributed by atoms with Gasteiger partial charge in [0.1, 0.15) is 5.82 Å². The van der Waals surface area contributed by atoms with Crippen LogP contribution in [0.3, 0.4) is 0 Å². The highest BCUT2D eigenvalue weighted by atomic mass is 32.1. The Morgan fingerprint density at radius 3 is 2.65 bits per heavy atom. The molecule has 3 heterocycles. The van der Waals surface area contributed by atoms with E-state index in [0.717, 1.165) is 21.9 Å². The lowest BCUT2D eigenvalue weighted by Crippen LogP contribution is -2.48. The van der Waals surface area contributed by atoms with Gasteiger partial charge in [0.25, 0.3) is 0 Å². The van der Waals surface area contributed by atoms with Crippen LogP contribution in [0.25, 0.3) is 16.2 Å². The predicted molar refractivity (Wildman–Crippen MR) is 98.8 cm³/mol. The third kappa shape index (κ3) is 3.37. The van der Waals surface area contributed by atoms with E-state index in [1.54, 1.807) is 12.1 Å². The van der Waals surface area contributed by atoms with Gasteiger partial charge in [-0.3, -0.25) is 9.20 Å². The maximum Gasteiger partial charge on any atom is 0.228 e. The first-order valence-electron chi connectivity index (χ1n) is 8.64. The Bertz CT molecular complexity index is 924. The number of thiazole rings is 1. The molecule has 4 rings (SSSR count). The Morgan fingerprint density at radius 2 is 1.96 bits per heavy atom. The number of carbonyl (C=O) groups is 1. The Labute approximate surface area is 155 Å². The third-order valence-corrected chi connectivity index (χ3v) is 5.42. The molecule has 1 aliphatic heterocycles. The average Bonchev–Trinajstić information content (AvgIpc) is 3.16. The van der Waals surface area contributed by atoms with E-state index in [1.165, 1.54) is 23.5 Å². The summed E-state index contributed by atoms with van der Waals surface area (Å²) in [7, 11) is 0. The van der Waals surface area contributed by atoms with Crippen molar-refractivity contribution in [3.05, 3.63) is 47.4 Å². The van der Waals surface area contributed by atoms with Gasteiger partial charge in [-0.15, -0.1) is 11.3 Å². The quantitative estimate of drug-likeness (QED) is 0.707. The van der Waals surface area contributed by atoms with Crippen LogP contribution in [-0.4, -0.2) is 45.5 Å². The minimum absolute atomic E-state index is 0.0588. The molecule has 2 atom stereocenters.